The van der Waals surface area contributed by atoms with Gasteiger partial charge in [-0.05, 0) is 37.6 Å². The Bertz CT molecular complexity index is 449. The summed E-state index contributed by atoms with van der Waals surface area (Å²) in [5.74, 6) is 1.34. The minimum atomic E-state index is -4.09. The van der Waals surface area contributed by atoms with Crippen LogP contribution in [0.1, 0.15) is 30.9 Å². The summed E-state index contributed by atoms with van der Waals surface area (Å²) in [6.45, 7) is 1.02. The number of rotatable bonds is 5. The highest BCUT2D eigenvalue weighted by Crippen LogP contribution is 2.34. The number of alkyl halides is 3. The fraction of sp³-hybridized carbons (Fsp3) is 0.571. The molecule has 1 N–H and O–H groups in total. The quantitative estimate of drug-likeness (QED) is 0.900. The molecule has 2 rings (SSSR count). The van der Waals surface area contributed by atoms with Crippen molar-refractivity contribution in [3.05, 3.63) is 23.8 Å². The second kappa shape index (κ2) is 6.35. The van der Waals surface area contributed by atoms with E-state index >= 15 is 0 Å². The molecule has 1 aromatic rings. The van der Waals surface area contributed by atoms with Crippen molar-refractivity contribution >= 4 is 0 Å². The molecular formula is C14H18F3NO2. The number of fused-ring (bicyclic) bond motifs is 1. The maximum Gasteiger partial charge on any atom is 0.389 e. The molecule has 0 radical (unpaired) electrons. The minimum Gasteiger partial charge on any atom is -0.486 e. The lowest BCUT2D eigenvalue weighted by atomic mass is 10.0. The highest BCUT2D eigenvalue weighted by Gasteiger charge is 2.27. The van der Waals surface area contributed by atoms with Crippen LogP contribution in [0.2, 0.25) is 0 Å². The van der Waals surface area contributed by atoms with E-state index in [2.05, 4.69) is 5.32 Å². The van der Waals surface area contributed by atoms with Gasteiger partial charge in [0.05, 0.1) is 0 Å². The van der Waals surface area contributed by atoms with Crippen molar-refractivity contribution in [3.63, 3.8) is 0 Å². The van der Waals surface area contributed by atoms with Crippen LogP contribution in [-0.2, 0) is 0 Å². The topological polar surface area (TPSA) is 30.5 Å². The SMILES string of the molecule is CNC(CCCC(F)(F)F)c1ccc2c(c1)OCCO2. The van der Waals surface area contributed by atoms with Crippen LogP contribution in [0.4, 0.5) is 13.2 Å². The van der Waals surface area contributed by atoms with Crippen molar-refractivity contribution in [2.45, 2.75) is 31.5 Å². The van der Waals surface area contributed by atoms with Gasteiger partial charge in [-0.3, -0.25) is 0 Å². The van der Waals surface area contributed by atoms with E-state index < -0.39 is 12.6 Å². The van der Waals surface area contributed by atoms with Gasteiger partial charge in [0, 0.05) is 12.5 Å². The van der Waals surface area contributed by atoms with Crippen LogP contribution in [0.3, 0.4) is 0 Å². The molecule has 1 heterocycles. The van der Waals surface area contributed by atoms with Crippen molar-refractivity contribution in [2.24, 2.45) is 0 Å². The average Bonchev–Trinajstić information content (AvgIpc) is 2.42. The molecular weight excluding hydrogens is 271 g/mol. The zero-order chi connectivity index (χ0) is 14.6. The van der Waals surface area contributed by atoms with Crippen LogP contribution >= 0.6 is 0 Å². The molecule has 112 valence electrons. The smallest absolute Gasteiger partial charge is 0.389 e. The molecule has 1 unspecified atom stereocenters. The standard InChI is InChI=1S/C14H18F3NO2/c1-18-11(3-2-6-14(15,16)17)10-4-5-12-13(9-10)20-8-7-19-12/h4-5,9,11,18H,2-3,6-8H2,1H3. The average molecular weight is 289 g/mol. The van der Waals surface area contributed by atoms with Gasteiger partial charge in [0.15, 0.2) is 11.5 Å². The summed E-state index contributed by atoms with van der Waals surface area (Å²) >= 11 is 0. The van der Waals surface area contributed by atoms with E-state index in [0.717, 1.165) is 5.56 Å². The summed E-state index contributed by atoms with van der Waals surface area (Å²) in [4.78, 5) is 0. The second-order valence-electron chi connectivity index (χ2n) is 4.75. The third-order valence-corrected chi connectivity index (χ3v) is 3.27. The maximum atomic E-state index is 12.2. The first-order valence-corrected chi connectivity index (χ1v) is 6.63. The third kappa shape index (κ3) is 4.03. The lowest BCUT2D eigenvalue weighted by molar-refractivity contribution is -0.135. The number of nitrogens with one attached hydrogen (secondary N) is 1. The zero-order valence-corrected chi connectivity index (χ0v) is 11.3. The molecule has 6 heteroatoms. The van der Waals surface area contributed by atoms with Gasteiger partial charge in [0.2, 0.25) is 0 Å². The van der Waals surface area contributed by atoms with E-state index in [1.54, 1.807) is 13.1 Å². The number of hydrogen-bond acceptors (Lipinski definition) is 3. The largest absolute Gasteiger partial charge is 0.486 e. The van der Waals surface area contributed by atoms with Gasteiger partial charge < -0.3 is 14.8 Å². The van der Waals surface area contributed by atoms with E-state index in [1.165, 1.54) is 0 Å². The molecule has 0 amide bonds. The Morgan fingerprint density at radius 1 is 1.20 bits per heavy atom. The van der Waals surface area contributed by atoms with Crippen LogP contribution < -0.4 is 14.8 Å². The molecule has 0 saturated carbocycles. The van der Waals surface area contributed by atoms with Gasteiger partial charge in [-0.25, -0.2) is 0 Å². The van der Waals surface area contributed by atoms with E-state index in [1.807, 2.05) is 12.1 Å². The lowest BCUT2D eigenvalue weighted by Crippen LogP contribution is -2.19. The highest BCUT2D eigenvalue weighted by molar-refractivity contribution is 5.44. The Morgan fingerprint density at radius 2 is 1.90 bits per heavy atom. The number of hydrogen-bond donors (Lipinski definition) is 1. The summed E-state index contributed by atoms with van der Waals surface area (Å²) < 4.78 is 47.4. The lowest BCUT2D eigenvalue weighted by Gasteiger charge is -2.22. The van der Waals surface area contributed by atoms with Crippen molar-refractivity contribution < 1.29 is 22.6 Å². The van der Waals surface area contributed by atoms with Gasteiger partial charge in [-0.15, -0.1) is 0 Å². The predicted octanol–water partition coefficient (Wildman–Crippen LogP) is 3.45. The van der Waals surface area contributed by atoms with Gasteiger partial charge in [-0.2, -0.15) is 13.2 Å². The Kier molecular flexibility index (Phi) is 4.75. The molecule has 0 spiro atoms. The van der Waals surface area contributed by atoms with E-state index in [-0.39, 0.29) is 12.5 Å². The molecule has 0 fully saturated rings. The van der Waals surface area contributed by atoms with E-state index in [9.17, 15) is 13.2 Å². The fourth-order valence-electron chi connectivity index (χ4n) is 2.26. The van der Waals surface area contributed by atoms with Crippen molar-refractivity contribution in [1.29, 1.82) is 0 Å². The van der Waals surface area contributed by atoms with E-state index in [4.69, 9.17) is 9.47 Å². The first kappa shape index (κ1) is 15.0. The van der Waals surface area contributed by atoms with Crippen LogP contribution in [-0.4, -0.2) is 26.4 Å². The number of halogens is 3. The normalized spacial score (nSPS) is 16.0. The van der Waals surface area contributed by atoms with Gasteiger partial charge in [-0.1, -0.05) is 6.07 Å². The molecule has 20 heavy (non-hydrogen) atoms. The summed E-state index contributed by atoms with van der Waals surface area (Å²) in [5, 5.41) is 3.05. The Labute approximate surface area is 116 Å². The van der Waals surface area contributed by atoms with Crippen LogP contribution in [0.25, 0.3) is 0 Å². The molecule has 1 aromatic carbocycles. The molecule has 0 bridgehead atoms. The van der Waals surface area contributed by atoms with Crippen molar-refractivity contribution in [2.75, 3.05) is 20.3 Å². The Hall–Kier alpha value is -1.43. The van der Waals surface area contributed by atoms with Crippen molar-refractivity contribution in [1.82, 2.24) is 5.32 Å². The van der Waals surface area contributed by atoms with Crippen LogP contribution in [0, 0.1) is 0 Å². The summed E-state index contributed by atoms with van der Waals surface area (Å²) in [5.41, 5.74) is 0.916. The first-order valence-electron chi connectivity index (χ1n) is 6.63. The third-order valence-electron chi connectivity index (χ3n) is 3.27. The molecule has 0 saturated heterocycles. The summed E-state index contributed by atoms with van der Waals surface area (Å²) in [7, 11) is 1.75. The number of benzene rings is 1. The molecule has 1 aliphatic rings. The fourth-order valence-corrected chi connectivity index (χ4v) is 2.26. The Morgan fingerprint density at radius 3 is 2.55 bits per heavy atom. The molecule has 1 atom stereocenters. The minimum absolute atomic E-state index is 0.101. The van der Waals surface area contributed by atoms with Crippen molar-refractivity contribution in [3.8, 4) is 11.5 Å². The Balaban J connectivity index is 2.00. The molecule has 1 aliphatic heterocycles. The predicted molar refractivity (Wildman–Crippen MR) is 69.1 cm³/mol. The summed E-state index contributed by atoms with van der Waals surface area (Å²) in [6, 6.07) is 5.39. The molecule has 3 nitrogen and oxygen atoms in total. The van der Waals surface area contributed by atoms with Gasteiger partial charge in [0.1, 0.15) is 13.2 Å². The molecule has 0 aliphatic carbocycles. The highest BCUT2D eigenvalue weighted by atomic mass is 19.4. The maximum absolute atomic E-state index is 12.2. The first-order chi connectivity index (χ1) is 9.49. The summed E-state index contributed by atoms with van der Waals surface area (Å²) in [6.07, 6.45) is -4.32. The van der Waals surface area contributed by atoms with Crippen LogP contribution in [0.15, 0.2) is 18.2 Å². The van der Waals surface area contributed by atoms with Gasteiger partial charge >= 0.3 is 6.18 Å². The van der Waals surface area contributed by atoms with Gasteiger partial charge in [0.25, 0.3) is 0 Å². The number of ether oxygens (including phenoxy) is 2. The monoisotopic (exact) mass is 289 g/mol. The zero-order valence-electron chi connectivity index (χ0n) is 11.3. The van der Waals surface area contributed by atoms with E-state index in [0.29, 0.717) is 31.1 Å². The van der Waals surface area contributed by atoms with Crippen LogP contribution in [0.5, 0.6) is 11.5 Å². The molecule has 0 aromatic heterocycles. The second-order valence-corrected chi connectivity index (χ2v) is 4.75.